The fourth-order valence-electron chi connectivity index (χ4n) is 2.80. The number of rotatable bonds is 1. The van der Waals surface area contributed by atoms with Crippen molar-refractivity contribution in [3.8, 4) is 0 Å². The molecule has 0 radical (unpaired) electrons. The molecule has 1 atom stereocenters. The van der Waals surface area contributed by atoms with Gasteiger partial charge in [0.1, 0.15) is 0 Å². The highest BCUT2D eigenvalue weighted by atomic mass is 15.0. The number of hydrogen-bond acceptors (Lipinski definition) is 1. The third kappa shape index (κ3) is 1.67. The van der Waals surface area contributed by atoms with Crippen LogP contribution < -0.4 is 5.32 Å². The SMILES string of the molecule is C[C@@]1(c2ccccc2)NCCc2ccccc21. The van der Waals surface area contributed by atoms with Gasteiger partial charge in [0.15, 0.2) is 0 Å². The quantitative estimate of drug-likeness (QED) is 0.783. The lowest BCUT2D eigenvalue weighted by Gasteiger charge is -2.37. The summed E-state index contributed by atoms with van der Waals surface area (Å²) in [6.45, 7) is 3.32. The molecule has 1 aliphatic rings. The maximum Gasteiger partial charge on any atom is 0.0664 e. The van der Waals surface area contributed by atoms with Crippen molar-refractivity contribution < 1.29 is 0 Å². The Morgan fingerprint density at radius 2 is 1.65 bits per heavy atom. The molecule has 0 amide bonds. The van der Waals surface area contributed by atoms with Crippen LogP contribution in [0.3, 0.4) is 0 Å². The highest BCUT2D eigenvalue weighted by Crippen LogP contribution is 2.34. The van der Waals surface area contributed by atoms with Gasteiger partial charge in [0.05, 0.1) is 5.54 Å². The molecule has 1 heterocycles. The maximum atomic E-state index is 3.67. The van der Waals surface area contributed by atoms with Crippen molar-refractivity contribution in [3.63, 3.8) is 0 Å². The number of hydrogen-bond donors (Lipinski definition) is 1. The van der Waals surface area contributed by atoms with Crippen LogP contribution in [0.25, 0.3) is 0 Å². The minimum Gasteiger partial charge on any atom is -0.304 e. The zero-order valence-electron chi connectivity index (χ0n) is 10.1. The van der Waals surface area contributed by atoms with Crippen molar-refractivity contribution in [2.24, 2.45) is 0 Å². The summed E-state index contributed by atoms with van der Waals surface area (Å²) in [4.78, 5) is 0. The molecule has 0 fully saturated rings. The molecule has 2 aromatic rings. The standard InChI is InChI=1S/C16H17N/c1-16(14-8-3-2-4-9-14)15-10-6-5-7-13(15)11-12-17-16/h2-10,17H,11-12H2,1H3/t16-/m0/s1. The molecule has 86 valence electrons. The van der Waals surface area contributed by atoms with Crippen LogP contribution in [0.4, 0.5) is 0 Å². The molecule has 2 aromatic carbocycles. The first-order chi connectivity index (χ1) is 8.31. The summed E-state index contributed by atoms with van der Waals surface area (Å²) in [5, 5.41) is 3.67. The smallest absolute Gasteiger partial charge is 0.0664 e. The summed E-state index contributed by atoms with van der Waals surface area (Å²) in [5.41, 5.74) is 4.18. The Morgan fingerprint density at radius 3 is 2.47 bits per heavy atom. The molecule has 0 saturated carbocycles. The fourth-order valence-corrected chi connectivity index (χ4v) is 2.80. The molecule has 0 bridgehead atoms. The Bertz CT molecular complexity index is 518. The lowest BCUT2D eigenvalue weighted by molar-refractivity contribution is 0.415. The third-order valence-corrected chi connectivity index (χ3v) is 3.78. The van der Waals surface area contributed by atoms with E-state index in [4.69, 9.17) is 0 Å². The molecule has 0 unspecified atom stereocenters. The van der Waals surface area contributed by atoms with Crippen LogP contribution in [0.5, 0.6) is 0 Å². The van der Waals surface area contributed by atoms with Crippen LogP contribution in [0.2, 0.25) is 0 Å². The third-order valence-electron chi connectivity index (χ3n) is 3.78. The van der Waals surface area contributed by atoms with E-state index in [1.165, 1.54) is 16.7 Å². The molecule has 0 aromatic heterocycles. The molecule has 0 saturated heterocycles. The van der Waals surface area contributed by atoms with E-state index in [1.807, 2.05) is 0 Å². The largest absolute Gasteiger partial charge is 0.304 e. The van der Waals surface area contributed by atoms with E-state index in [-0.39, 0.29) is 5.54 Å². The Balaban J connectivity index is 2.16. The van der Waals surface area contributed by atoms with E-state index >= 15 is 0 Å². The van der Waals surface area contributed by atoms with Gasteiger partial charge in [0.2, 0.25) is 0 Å². The fraction of sp³-hybridized carbons (Fsp3) is 0.250. The van der Waals surface area contributed by atoms with E-state index in [2.05, 4.69) is 66.8 Å². The van der Waals surface area contributed by atoms with Crippen LogP contribution in [0.1, 0.15) is 23.6 Å². The number of nitrogens with one attached hydrogen (secondary N) is 1. The average Bonchev–Trinajstić information content (AvgIpc) is 2.40. The Kier molecular flexibility index (Phi) is 2.49. The van der Waals surface area contributed by atoms with Gasteiger partial charge in [-0.25, -0.2) is 0 Å². The van der Waals surface area contributed by atoms with Gasteiger partial charge in [-0.05, 0) is 30.0 Å². The van der Waals surface area contributed by atoms with E-state index in [0.29, 0.717) is 0 Å². The van der Waals surface area contributed by atoms with Crippen LogP contribution in [0, 0.1) is 0 Å². The predicted octanol–water partition coefficient (Wildman–Crippen LogP) is 3.10. The first-order valence-electron chi connectivity index (χ1n) is 6.20. The molecule has 1 nitrogen and oxygen atoms in total. The van der Waals surface area contributed by atoms with Crippen LogP contribution in [0.15, 0.2) is 54.6 Å². The second-order valence-corrected chi connectivity index (χ2v) is 4.82. The summed E-state index contributed by atoms with van der Waals surface area (Å²) < 4.78 is 0. The van der Waals surface area contributed by atoms with Gasteiger partial charge in [-0.2, -0.15) is 0 Å². The van der Waals surface area contributed by atoms with Crippen molar-refractivity contribution >= 4 is 0 Å². The van der Waals surface area contributed by atoms with Crippen LogP contribution in [-0.2, 0) is 12.0 Å². The molecular weight excluding hydrogens is 206 g/mol. The highest BCUT2D eigenvalue weighted by Gasteiger charge is 2.32. The molecule has 17 heavy (non-hydrogen) atoms. The van der Waals surface area contributed by atoms with E-state index in [9.17, 15) is 0 Å². The Hall–Kier alpha value is -1.60. The molecule has 1 heteroatoms. The van der Waals surface area contributed by atoms with Gasteiger partial charge < -0.3 is 5.32 Å². The minimum atomic E-state index is -0.0455. The second kappa shape index (κ2) is 4.01. The lowest BCUT2D eigenvalue weighted by Crippen LogP contribution is -2.45. The van der Waals surface area contributed by atoms with E-state index in [0.717, 1.165) is 13.0 Å². The summed E-state index contributed by atoms with van der Waals surface area (Å²) in [6.07, 6.45) is 1.12. The zero-order chi connectivity index (χ0) is 11.7. The molecular formula is C16H17N. The van der Waals surface area contributed by atoms with Gasteiger partial charge >= 0.3 is 0 Å². The van der Waals surface area contributed by atoms with Gasteiger partial charge in [-0.3, -0.25) is 0 Å². The van der Waals surface area contributed by atoms with Crippen molar-refractivity contribution in [2.45, 2.75) is 18.9 Å². The Morgan fingerprint density at radius 1 is 0.941 bits per heavy atom. The second-order valence-electron chi connectivity index (χ2n) is 4.82. The average molecular weight is 223 g/mol. The first kappa shape index (κ1) is 10.5. The summed E-state index contributed by atoms with van der Waals surface area (Å²) in [6, 6.07) is 19.5. The van der Waals surface area contributed by atoms with Gasteiger partial charge in [-0.15, -0.1) is 0 Å². The number of fused-ring (bicyclic) bond motifs is 1. The predicted molar refractivity (Wildman–Crippen MR) is 71.0 cm³/mol. The lowest BCUT2D eigenvalue weighted by atomic mass is 9.79. The van der Waals surface area contributed by atoms with Gasteiger partial charge in [0.25, 0.3) is 0 Å². The first-order valence-corrected chi connectivity index (χ1v) is 6.20. The van der Waals surface area contributed by atoms with Crippen LogP contribution >= 0.6 is 0 Å². The van der Waals surface area contributed by atoms with E-state index in [1.54, 1.807) is 0 Å². The number of benzene rings is 2. The molecule has 0 spiro atoms. The van der Waals surface area contributed by atoms with Crippen LogP contribution in [-0.4, -0.2) is 6.54 Å². The van der Waals surface area contributed by atoms with E-state index < -0.39 is 0 Å². The summed E-state index contributed by atoms with van der Waals surface area (Å²) in [7, 11) is 0. The zero-order valence-corrected chi connectivity index (χ0v) is 10.1. The molecule has 1 N–H and O–H groups in total. The molecule has 3 rings (SSSR count). The van der Waals surface area contributed by atoms with Crippen molar-refractivity contribution in [1.29, 1.82) is 0 Å². The van der Waals surface area contributed by atoms with Crippen molar-refractivity contribution in [1.82, 2.24) is 5.32 Å². The normalized spacial score (nSPS) is 23.1. The minimum absolute atomic E-state index is 0.0455. The highest BCUT2D eigenvalue weighted by molar-refractivity contribution is 5.44. The van der Waals surface area contributed by atoms with Crippen molar-refractivity contribution in [2.75, 3.05) is 6.54 Å². The molecule has 1 aliphatic heterocycles. The summed E-state index contributed by atoms with van der Waals surface area (Å²) in [5.74, 6) is 0. The summed E-state index contributed by atoms with van der Waals surface area (Å²) >= 11 is 0. The Labute approximate surface area is 102 Å². The topological polar surface area (TPSA) is 12.0 Å². The van der Waals surface area contributed by atoms with Crippen molar-refractivity contribution in [3.05, 3.63) is 71.3 Å². The maximum absolute atomic E-state index is 3.67. The van der Waals surface area contributed by atoms with Gasteiger partial charge in [0, 0.05) is 6.54 Å². The monoisotopic (exact) mass is 223 g/mol. The van der Waals surface area contributed by atoms with Gasteiger partial charge in [-0.1, -0.05) is 54.6 Å². The molecule has 0 aliphatic carbocycles.